The Morgan fingerprint density at radius 1 is 1.07 bits per heavy atom. The molecule has 3 aromatic rings. The van der Waals surface area contributed by atoms with E-state index in [1.165, 1.54) is 13.3 Å². The molecule has 0 saturated heterocycles. The van der Waals surface area contributed by atoms with Gasteiger partial charge in [-0.3, -0.25) is 4.79 Å². The minimum absolute atomic E-state index is 0.210. The number of hydrazone groups is 1. The number of aryl methyl sites for hydroxylation is 1. The van der Waals surface area contributed by atoms with Crippen LogP contribution >= 0.6 is 0 Å². The lowest BCUT2D eigenvalue weighted by Crippen LogP contribution is -2.18. The highest BCUT2D eigenvalue weighted by atomic mass is 16.5. The van der Waals surface area contributed by atoms with Crippen molar-refractivity contribution < 1.29 is 19.4 Å². The number of carbonyl (C=O) groups excluding carboxylic acids is 1. The van der Waals surface area contributed by atoms with Crippen LogP contribution < -0.4 is 10.2 Å². The zero-order valence-electron chi connectivity index (χ0n) is 16.3. The minimum atomic E-state index is -0.993. The second-order valence-corrected chi connectivity index (χ2v) is 6.38. The summed E-state index contributed by atoms with van der Waals surface area (Å²) in [7, 11) is 1.50. The molecule has 1 amide bonds. The Kier molecular flexibility index (Phi) is 5.78. The smallest absolute Gasteiger partial charge is 0.337 e. The van der Waals surface area contributed by atoms with Crippen LogP contribution in [0.2, 0.25) is 0 Å². The Hall–Kier alpha value is -3.87. The van der Waals surface area contributed by atoms with Crippen LogP contribution in [0.1, 0.15) is 37.7 Å². The van der Waals surface area contributed by atoms with Crippen molar-refractivity contribution in [3.8, 4) is 11.4 Å². The Bertz CT molecular complexity index is 1100. The highest BCUT2D eigenvalue weighted by molar-refractivity contribution is 5.97. The molecule has 2 aromatic carbocycles. The molecule has 0 unspecified atom stereocenters. The van der Waals surface area contributed by atoms with E-state index in [2.05, 4.69) is 10.5 Å². The first-order valence-corrected chi connectivity index (χ1v) is 8.92. The number of carbonyl (C=O) groups is 2. The zero-order chi connectivity index (χ0) is 21.0. The molecule has 1 aromatic heterocycles. The molecule has 1 heterocycles. The molecular formula is C22H21N3O4. The Balaban J connectivity index is 1.86. The fourth-order valence-corrected chi connectivity index (χ4v) is 3.19. The summed E-state index contributed by atoms with van der Waals surface area (Å²) in [4.78, 5) is 23.9. The van der Waals surface area contributed by atoms with Gasteiger partial charge in [0.1, 0.15) is 5.75 Å². The average molecular weight is 391 g/mol. The van der Waals surface area contributed by atoms with Gasteiger partial charge in [-0.1, -0.05) is 24.3 Å². The van der Waals surface area contributed by atoms with E-state index in [-0.39, 0.29) is 11.5 Å². The van der Waals surface area contributed by atoms with Gasteiger partial charge in [-0.25, -0.2) is 10.2 Å². The molecular weight excluding hydrogens is 370 g/mol. The monoisotopic (exact) mass is 391 g/mol. The Morgan fingerprint density at radius 3 is 2.41 bits per heavy atom. The molecule has 0 fully saturated rings. The third-order valence-corrected chi connectivity index (χ3v) is 4.57. The topological polar surface area (TPSA) is 92.9 Å². The molecule has 7 nitrogen and oxygen atoms in total. The summed E-state index contributed by atoms with van der Waals surface area (Å²) in [6.45, 7) is 3.76. The number of carboxylic acid groups (broad SMARTS) is 1. The van der Waals surface area contributed by atoms with Crippen molar-refractivity contribution in [3.05, 3.63) is 82.7 Å². The summed E-state index contributed by atoms with van der Waals surface area (Å²) in [6, 6.07) is 15.6. The second-order valence-electron chi connectivity index (χ2n) is 6.38. The van der Waals surface area contributed by atoms with Gasteiger partial charge in [0.05, 0.1) is 30.1 Å². The van der Waals surface area contributed by atoms with Gasteiger partial charge in [-0.15, -0.1) is 0 Å². The summed E-state index contributed by atoms with van der Waals surface area (Å²) in [6.07, 6.45) is 1.54. The average Bonchev–Trinajstić information content (AvgIpc) is 3.00. The fraction of sp³-hybridized carbons (Fsp3) is 0.136. The number of ether oxygens (including phenoxy) is 1. The van der Waals surface area contributed by atoms with Crippen molar-refractivity contribution in [1.82, 2.24) is 9.99 Å². The van der Waals surface area contributed by atoms with Crippen molar-refractivity contribution >= 4 is 18.1 Å². The van der Waals surface area contributed by atoms with Crippen LogP contribution in [-0.2, 0) is 0 Å². The summed E-state index contributed by atoms with van der Waals surface area (Å²) in [5.74, 6) is -0.917. The molecule has 148 valence electrons. The first-order valence-electron chi connectivity index (χ1n) is 8.92. The van der Waals surface area contributed by atoms with Crippen molar-refractivity contribution in [2.45, 2.75) is 13.8 Å². The molecule has 0 radical (unpaired) electrons. The third-order valence-electron chi connectivity index (χ3n) is 4.57. The summed E-state index contributed by atoms with van der Waals surface area (Å²) >= 11 is 0. The number of hydrogen-bond acceptors (Lipinski definition) is 4. The third kappa shape index (κ3) is 4.03. The molecule has 2 N–H and O–H groups in total. The summed E-state index contributed by atoms with van der Waals surface area (Å²) < 4.78 is 7.04. The summed E-state index contributed by atoms with van der Waals surface area (Å²) in [5, 5.41) is 13.5. The number of nitrogens with zero attached hydrogens (tertiary/aromatic N) is 2. The van der Waals surface area contributed by atoms with Crippen LogP contribution in [0.4, 0.5) is 0 Å². The van der Waals surface area contributed by atoms with Crippen molar-refractivity contribution in [2.24, 2.45) is 5.10 Å². The Labute approximate surface area is 168 Å². The van der Waals surface area contributed by atoms with Gasteiger partial charge in [0.2, 0.25) is 0 Å². The molecule has 7 heteroatoms. The van der Waals surface area contributed by atoms with Gasteiger partial charge < -0.3 is 14.4 Å². The highest BCUT2D eigenvalue weighted by Crippen LogP contribution is 2.23. The van der Waals surface area contributed by atoms with Crippen molar-refractivity contribution in [1.29, 1.82) is 0 Å². The lowest BCUT2D eigenvalue weighted by atomic mass is 10.1. The van der Waals surface area contributed by atoms with Gasteiger partial charge in [-0.05, 0) is 44.2 Å². The highest BCUT2D eigenvalue weighted by Gasteiger charge is 2.16. The number of aromatic carboxylic acids is 1. The number of para-hydroxylation sites is 2. The van der Waals surface area contributed by atoms with Crippen LogP contribution in [-0.4, -0.2) is 34.9 Å². The number of nitrogens with one attached hydrogen (secondary N) is 1. The normalized spacial score (nSPS) is 10.9. The number of hydrogen-bond donors (Lipinski definition) is 2. The van der Waals surface area contributed by atoms with E-state index < -0.39 is 5.97 Å². The van der Waals surface area contributed by atoms with Crippen LogP contribution in [0.15, 0.2) is 59.7 Å². The molecule has 0 aliphatic rings. The van der Waals surface area contributed by atoms with Crippen LogP contribution in [0, 0.1) is 13.8 Å². The second kappa shape index (κ2) is 8.43. The van der Waals surface area contributed by atoms with Crippen LogP contribution in [0.25, 0.3) is 5.69 Å². The molecule has 0 saturated carbocycles. The van der Waals surface area contributed by atoms with Gasteiger partial charge >= 0.3 is 5.97 Å². The lowest BCUT2D eigenvalue weighted by Gasteiger charge is -2.12. The SMILES string of the molecule is COc1ccccc1C(=O)N/N=C\c1cc(C)n(-c2ccccc2C(=O)O)c1C. The molecule has 0 bridgehead atoms. The quantitative estimate of drug-likeness (QED) is 0.496. The molecule has 0 spiro atoms. The largest absolute Gasteiger partial charge is 0.496 e. The van der Waals surface area contributed by atoms with E-state index in [0.29, 0.717) is 17.0 Å². The lowest BCUT2D eigenvalue weighted by molar-refractivity contribution is 0.0696. The van der Waals surface area contributed by atoms with Crippen LogP contribution in [0.3, 0.4) is 0 Å². The van der Waals surface area contributed by atoms with E-state index in [0.717, 1.165) is 17.0 Å². The molecule has 29 heavy (non-hydrogen) atoms. The number of amides is 1. The Morgan fingerprint density at radius 2 is 1.72 bits per heavy atom. The summed E-state index contributed by atoms with van der Waals surface area (Å²) in [5.41, 5.74) is 6.10. The van der Waals surface area contributed by atoms with Crippen LogP contribution in [0.5, 0.6) is 5.75 Å². The number of benzene rings is 2. The maximum Gasteiger partial charge on any atom is 0.337 e. The molecule has 0 aliphatic heterocycles. The number of aromatic nitrogens is 1. The number of methoxy groups -OCH3 is 1. The number of carboxylic acids is 1. The number of rotatable bonds is 6. The molecule has 3 rings (SSSR count). The van der Waals surface area contributed by atoms with Crippen molar-refractivity contribution in [2.75, 3.05) is 7.11 Å². The molecule has 0 aliphatic carbocycles. The van der Waals surface area contributed by atoms with Gasteiger partial charge in [0.25, 0.3) is 5.91 Å². The van der Waals surface area contributed by atoms with E-state index in [9.17, 15) is 14.7 Å². The van der Waals surface area contributed by atoms with Crippen molar-refractivity contribution in [3.63, 3.8) is 0 Å². The zero-order valence-corrected chi connectivity index (χ0v) is 16.3. The van der Waals surface area contributed by atoms with E-state index in [4.69, 9.17) is 4.74 Å². The maximum atomic E-state index is 12.3. The van der Waals surface area contributed by atoms with Gasteiger partial charge in [-0.2, -0.15) is 5.10 Å². The first-order chi connectivity index (χ1) is 13.9. The predicted octanol–water partition coefficient (Wildman–Crippen LogP) is 3.56. The van der Waals surface area contributed by atoms with E-state index >= 15 is 0 Å². The van der Waals surface area contributed by atoms with Gasteiger partial charge in [0, 0.05) is 17.0 Å². The minimum Gasteiger partial charge on any atom is -0.496 e. The predicted molar refractivity (Wildman–Crippen MR) is 110 cm³/mol. The fourth-order valence-electron chi connectivity index (χ4n) is 3.19. The van der Waals surface area contributed by atoms with E-state index in [1.54, 1.807) is 48.5 Å². The molecule has 0 atom stereocenters. The standard InChI is InChI=1S/C22H21N3O4/c1-14-12-16(13-23-24-21(26)18-9-5-7-11-20(18)29-3)15(2)25(14)19-10-6-4-8-17(19)22(27)28/h4-13H,1-3H3,(H,24,26)(H,27,28)/b23-13-. The maximum absolute atomic E-state index is 12.3. The first kappa shape index (κ1) is 19.9. The van der Waals surface area contributed by atoms with E-state index in [1.807, 2.05) is 24.5 Å². The van der Waals surface area contributed by atoms with Gasteiger partial charge in [0.15, 0.2) is 0 Å².